The molecule has 1 amide bonds. The molecule has 3 heterocycles. The lowest BCUT2D eigenvalue weighted by Gasteiger charge is -2.13. The average molecular weight is 482 g/mol. The number of methoxy groups -OCH3 is 1. The number of ether oxygens (including phenoxy) is 1. The van der Waals surface area contributed by atoms with Gasteiger partial charge in [0.25, 0.3) is 11.8 Å². The Balaban J connectivity index is 1.46. The molecule has 0 aliphatic carbocycles. The summed E-state index contributed by atoms with van der Waals surface area (Å²) in [5, 5.41) is 24.9. The fourth-order valence-corrected chi connectivity index (χ4v) is 3.87. The van der Waals surface area contributed by atoms with Crippen LogP contribution < -0.4 is 16.0 Å². The monoisotopic (exact) mass is 481 g/mol. The molecular weight excluding hydrogens is 458 g/mol. The SMILES string of the molecule is COCC1=C/C(=C(/C=N)c2nnc(N[C@H]3N=C(c4ccccc4)c4ccccc4NC3=O)o2)NC=C1. The number of para-hydroxylation sites is 1. The third-order valence-electron chi connectivity index (χ3n) is 5.52. The summed E-state index contributed by atoms with van der Waals surface area (Å²) in [6, 6.07) is 17.1. The van der Waals surface area contributed by atoms with Crippen LogP contribution in [0.2, 0.25) is 0 Å². The van der Waals surface area contributed by atoms with E-state index in [9.17, 15) is 4.79 Å². The highest BCUT2D eigenvalue weighted by Gasteiger charge is 2.27. The predicted octanol–water partition coefficient (Wildman–Crippen LogP) is 3.35. The zero-order valence-corrected chi connectivity index (χ0v) is 19.4. The van der Waals surface area contributed by atoms with E-state index in [1.165, 1.54) is 0 Å². The van der Waals surface area contributed by atoms with Gasteiger partial charge in [-0.05, 0) is 23.8 Å². The summed E-state index contributed by atoms with van der Waals surface area (Å²) in [5.74, 6) is -0.257. The number of benzodiazepines with no additional fused rings is 1. The van der Waals surface area contributed by atoms with Crippen LogP contribution >= 0.6 is 0 Å². The second-order valence-electron chi connectivity index (χ2n) is 7.94. The highest BCUT2D eigenvalue weighted by atomic mass is 16.5. The van der Waals surface area contributed by atoms with Gasteiger partial charge in [0.2, 0.25) is 6.17 Å². The Labute approximate surface area is 207 Å². The van der Waals surface area contributed by atoms with Gasteiger partial charge in [0.1, 0.15) is 0 Å². The van der Waals surface area contributed by atoms with Crippen LogP contribution in [0, 0.1) is 5.41 Å². The average Bonchev–Trinajstić information content (AvgIpc) is 3.31. The molecule has 3 aromatic rings. The van der Waals surface area contributed by atoms with Crippen molar-refractivity contribution in [2.24, 2.45) is 4.99 Å². The number of dihydropyridines is 1. The molecule has 180 valence electrons. The van der Waals surface area contributed by atoms with Gasteiger partial charge in [0.15, 0.2) is 0 Å². The third-order valence-corrected chi connectivity index (χ3v) is 5.52. The zero-order chi connectivity index (χ0) is 24.9. The van der Waals surface area contributed by atoms with E-state index in [2.05, 4.69) is 26.1 Å². The van der Waals surface area contributed by atoms with Crippen LogP contribution in [-0.4, -0.2) is 47.9 Å². The van der Waals surface area contributed by atoms with Crippen LogP contribution in [0.3, 0.4) is 0 Å². The van der Waals surface area contributed by atoms with Crippen molar-refractivity contribution in [3.05, 3.63) is 101 Å². The minimum atomic E-state index is -1.03. The lowest BCUT2D eigenvalue weighted by atomic mass is 10.0. The number of amides is 1. The predicted molar refractivity (Wildman–Crippen MR) is 137 cm³/mol. The number of anilines is 2. The van der Waals surface area contributed by atoms with Gasteiger partial charge in [-0.2, -0.15) is 0 Å². The molecule has 1 atom stereocenters. The molecule has 2 aromatic carbocycles. The smallest absolute Gasteiger partial charge is 0.317 e. The molecule has 0 unspecified atom stereocenters. The number of benzene rings is 2. The summed E-state index contributed by atoms with van der Waals surface area (Å²) >= 11 is 0. The largest absolute Gasteiger partial charge is 0.403 e. The van der Waals surface area contributed by atoms with E-state index >= 15 is 0 Å². The van der Waals surface area contributed by atoms with Gasteiger partial charge in [0.05, 0.1) is 29.3 Å². The summed E-state index contributed by atoms with van der Waals surface area (Å²) in [4.78, 5) is 17.8. The van der Waals surface area contributed by atoms with Crippen molar-refractivity contribution in [1.82, 2.24) is 15.5 Å². The highest BCUT2D eigenvalue weighted by molar-refractivity contribution is 6.19. The van der Waals surface area contributed by atoms with Gasteiger partial charge in [-0.15, -0.1) is 5.10 Å². The Bertz CT molecular complexity index is 1420. The molecule has 0 bridgehead atoms. The standard InChI is InChI=1S/C26H23N7O3/c1-35-15-16-11-12-28-21(13-16)19(14-27)25-32-33-26(36-25)31-23-24(34)29-20-10-6-5-9-18(20)22(30-23)17-7-3-2-4-8-17/h2-14,23,27-28H,15H2,1H3,(H,29,34)(H,31,33)/b21-19+,27-14?/t23-/m1/s1. The van der Waals surface area contributed by atoms with Crippen LogP contribution in [-0.2, 0) is 9.53 Å². The summed E-state index contributed by atoms with van der Waals surface area (Å²) in [7, 11) is 1.61. The van der Waals surface area contributed by atoms with Crippen molar-refractivity contribution in [3.63, 3.8) is 0 Å². The molecule has 0 saturated heterocycles. The first kappa shape index (κ1) is 22.9. The molecule has 36 heavy (non-hydrogen) atoms. The van der Waals surface area contributed by atoms with Gasteiger partial charge in [0, 0.05) is 30.7 Å². The van der Waals surface area contributed by atoms with Gasteiger partial charge in [-0.1, -0.05) is 53.6 Å². The normalized spacial score (nSPS) is 18.1. The van der Waals surface area contributed by atoms with Gasteiger partial charge in [-0.3, -0.25) is 4.79 Å². The number of nitrogens with zero attached hydrogens (tertiary/aromatic N) is 3. The number of aliphatic imine (C=N–C) groups is 1. The first-order valence-electron chi connectivity index (χ1n) is 11.2. The molecule has 0 saturated carbocycles. The molecular formula is C26H23N7O3. The molecule has 10 nitrogen and oxygen atoms in total. The maximum absolute atomic E-state index is 13.0. The minimum Gasteiger partial charge on any atom is -0.403 e. The van der Waals surface area contributed by atoms with Crippen molar-refractivity contribution in [1.29, 1.82) is 5.41 Å². The van der Waals surface area contributed by atoms with E-state index in [0.29, 0.717) is 29.3 Å². The third kappa shape index (κ3) is 4.70. The van der Waals surface area contributed by atoms with E-state index < -0.39 is 6.17 Å². The van der Waals surface area contributed by atoms with Crippen molar-refractivity contribution in [3.8, 4) is 0 Å². The molecule has 0 spiro atoms. The number of rotatable bonds is 7. The second-order valence-corrected chi connectivity index (χ2v) is 7.94. The molecule has 1 aromatic heterocycles. The summed E-state index contributed by atoms with van der Waals surface area (Å²) < 4.78 is 11.0. The minimum absolute atomic E-state index is 0.000311. The summed E-state index contributed by atoms with van der Waals surface area (Å²) in [5.41, 5.74) is 4.90. The van der Waals surface area contributed by atoms with E-state index in [1.54, 1.807) is 13.3 Å². The number of carbonyl (C=O) groups excluding carboxylic acids is 1. The van der Waals surface area contributed by atoms with E-state index in [1.807, 2.05) is 66.7 Å². The molecule has 4 N–H and O–H groups in total. The Hall–Kier alpha value is -4.83. The Morgan fingerprint density at radius 3 is 2.78 bits per heavy atom. The number of nitrogens with one attached hydrogen (secondary N) is 4. The van der Waals surface area contributed by atoms with Crippen molar-refractivity contribution in [2.75, 3.05) is 24.4 Å². The summed E-state index contributed by atoms with van der Waals surface area (Å²) in [6.45, 7) is 0.421. The fraction of sp³-hybridized carbons (Fsp3) is 0.115. The van der Waals surface area contributed by atoms with Crippen LogP contribution in [0.5, 0.6) is 0 Å². The van der Waals surface area contributed by atoms with E-state index in [-0.39, 0.29) is 17.8 Å². The van der Waals surface area contributed by atoms with Crippen LogP contribution in [0.4, 0.5) is 11.7 Å². The van der Waals surface area contributed by atoms with Crippen LogP contribution in [0.15, 0.2) is 93.6 Å². The van der Waals surface area contributed by atoms with E-state index in [4.69, 9.17) is 19.6 Å². The molecule has 0 fully saturated rings. The lowest BCUT2D eigenvalue weighted by molar-refractivity contribution is -0.116. The topological polar surface area (TPSA) is 138 Å². The van der Waals surface area contributed by atoms with Crippen molar-refractivity contribution >= 4 is 35.1 Å². The Morgan fingerprint density at radius 2 is 1.97 bits per heavy atom. The number of aromatic nitrogens is 2. The van der Waals surface area contributed by atoms with Crippen LogP contribution in [0.1, 0.15) is 17.0 Å². The number of fused-ring (bicyclic) bond motifs is 1. The number of allylic oxidation sites excluding steroid dienone is 2. The van der Waals surface area contributed by atoms with Gasteiger partial charge >= 0.3 is 6.01 Å². The zero-order valence-electron chi connectivity index (χ0n) is 19.4. The molecule has 5 rings (SSSR count). The number of hydrogen-bond acceptors (Lipinski definition) is 9. The second kappa shape index (κ2) is 10.2. The first-order valence-corrected chi connectivity index (χ1v) is 11.2. The summed E-state index contributed by atoms with van der Waals surface area (Å²) in [6.07, 6.45) is 5.56. The Kier molecular flexibility index (Phi) is 6.50. The fourth-order valence-electron chi connectivity index (χ4n) is 3.87. The van der Waals surface area contributed by atoms with Crippen molar-refractivity contribution in [2.45, 2.75) is 6.17 Å². The lowest BCUT2D eigenvalue weighted by Crippen LogP contribution is -2.32. The molecule has 2 aliphatic heterocycles. The maximum Gasteiger partial charge on any atom is 0.317 e. The molecule has 10 heteroatoms. The highest BCUT2D eigenvalue weighted by Crippen LogP contribution is 2.25. The maximum atomic E-state index is 13.0. The quantitative estimate of drug-likeness (QED) is 0.380. The van der Waals surface area contributed by atoms with Gasteiger partial charge < -0.3 is 30.5 Å². The van der Waals surface area contributed by atoms with Gasteiger partial charge in [-0.25, -0.2) is 4.99 Å². The van der Waals surface area contributed by atoms with Crippen LogP contribution in [0.25, 0.3) is 5.57 Å². The molecule has 2 aliphatic rings. The Morgan fingerprint density at radius 1 is 1.17 bits per heavy atom. The first-order chi connectivity index (χ1) is 17.7. The molecule has 0 radical (unpaired) electrons. The van der Waals surface area contributed by atoms with E-state index in [0.717, 1.165) is 22.9 Å². The number of carbonyl (C=O) groups is 1. The van der Waals surface area contributed by atoms with Crippen molar-refractivity contribution < 1.29 is 13.9 Å². The number of hydrogen-bond donors (Lipinski definition) is 4.